The van der Waals surface area contributed by atoms with E-state index in [0.29, 0.717) is 6.42 Å². The molecule has 0 aromatic carbocycles. The SMILES string of the molecule is C=C(OC(=O)C(CC(=O)OCC(CC)CCCC)S(=O)(=O)[O-])C(CC)CCCC.[Na+]. The third-order valence-electron chi connectivity index (χ3n) is 5.07. The van der Waals surface area contributed by atoms with Gasteiger partial charge in [-0.3, -0.25) is 9.59 Å². The molecule has 170 valence electrons. The molecule has 0 amide bonds. The van der Waals surface area contributed by atoms with Crippen LogP contribution in [0.1, 0.15) is 85.5 Å². The molecule has 0 aromatic heterocycles. The predicted molar refractivity (Wildman–Crippen MR) is 111 cm³/mol. The topological polar surface area (TPSA) is 110 Å². The first-order valence-corrected chi connectivity index (χ1v) is 12.1. The van der Waals surface area contributed by atoms with E-state index in [9.17, 15) is 22.6 Å². The number of carbonyl (C=O) groups excluding carboxylic acids is 2. The van der Waals surface area contributed by atoms with Gasteiger partial charge in [0.2, 0.25) is 0 Å². The Bertz CT molecular complexity index is 619. The molecular weight excluding hydrogens is 419 g/mol. The van der Waals surface area contributed by atoms with Crippen LogP contribution < -0.4 is 29.6 Å². The maximum Gasteiger partial charge on any atom is 1.00 e. The second-order valence-corrected chi connectivity index (χ2v) is 8.97. The predicted octanol–water partition coefficient (Wildman–Crippen LogP) is 1.33. The standard InChI is InChI=1S/C21H38O7S.Na/c1-6-10-12-17(8-3)15-27-20(22)14-19(29(24,25)26)21(23)28-16(5)18(9-4)13-11-7-2;/h17-19H,5-15H2,1-4H3,(H,24,25,26);/q;+1/p-1. The van der Waals surface area contributed by atoms with Gasteiger partial charge in [0.15, 0.2) is 5.25 Å². The second kappa shape index (κ2) is 17.2. The van der Waals surface area contributed by atoms with E-state index in [4.69, 9.17) is 9.47 Å². The molecule has 0 radical (unpaired) electrons. The summed E-state index contributed by atoms with van der Waals surface area (Å²) >= 11 is 0. The van der Waals surface area contributed by atoms with Crippen LogP contribution in [-0.2, 0) is 29.2 Å². The molecule has 9 heteroatoms. The zero-order valence-electron chi connectivity index (χ0n) is 19.3. The first-order chi connectivity index (χ1) is 13.6. The molecule has 0 saturated heterocycles. The fourth-order valence-corrected chi connectivity index (χ4v) is 3.57. The van der Waals surface area contributed by atoms with Gasteiger partial charge in [0.05, 0.1) is 13.0 Å². The van der Waals surface area contributed by atoms with Crippen molar-refractivity contribution in [1.29, 1.82) is 0 Å². The van der Waals surface area contributed by atoms with Crippen molar-refractivity contribution in [3.05, 3.63) is 12.3 Å². The number of ether oxygens (including phenoxy) is 2. The molecule has 3 unspecified atom stereocenters. The molecule has 0 N–H and O–H groups in total. The summed E-state index contributed by atoms with van der Waals surface area (Å²) in [6.45, 7) is 11.8. The summed E-state index contributed by atoms with van der Waals surface area (Å²) in [7, 11) is -5.08. The Balaban J connectivity index is 0. The average Bonchev–Trinajstić information content (AvgIpc) is 2.65. The Kier molecular flexibility index (Phi) is 18.2. The third-order valence-corrected chi connectivity index (χ3v) is 6.13. The zero-order valence-corrected chi connectivity index (χ0v) is 22.1. The fourth-order valence-electron chi connectivity index (χ4n) is 2.94. The van der Waals surface area contributed by atoms with E-state index in [0.717, 1.165) is 44.9 Å². The summed E-state index contributed by atoms with van der Waals surface area (Å²) in [4.78, 5) is 24.4. The van der Waals surface area contributed by atoms with E-state index in [1.165, 1.54) is 0 Å². The Hall–Kier alpha value is -0.410. The normalized spacial score (nSPS) is 14.2. The van der Waals surface area contributed by atoms with E-state index in [2.05, 4.69) is 13.5 Å². The quantitative estimate of drug-likeness (QED) is 0.149. The van der Waals surface area contributed by atoms with Crippen LogP contribution in [0.2, 0.25) is 0 Å². The molecule has 0 saturated carbocycles. The molecule has 7 nitrogen and oxygen atoms in total. The molecule has 0 rings (SSSR count). The molecular formula is C21H37NaO7S. The molecule has 0 spiro atoms. The zero-order chi connectivity index (χ0) is 22.4. The fraction of sp³-hybridized carbons (Fsp3) is 0.810. The summed E-state index contributed by atoms with van der Waals surface area (Å²) in [5.74, 6) is -2.00. The van der Waals surface area contributed by atoms with Gasteiger partial charge < -0.3 is 14.0 Å². The van der Waals surface area contributed by atoms with Gasteiger partial charge in [-0.25, -0.2) is 8.42 Å². The number of unbranched alkanes of at least 4 members (excludes halogenated alkanes) is 2. The van der Waals surface area contributed by atoms with Crippen molar-refractivity contribution >= 4 is 22.1 Å². The molecule has 0 aromatic rings. The molecule has 0 bridgehead atoms. The molecule has 0 aliphatic rings. The van der Waals surface area contributed by atoms with Crippen molar-refractivity contribution in [2.45, 2.75) is 90.7 Å². The molecule has 0 fully saturated rings. The molecule has 0 aliphatic carbocycles. The Morgan fingerprint density at radius 2 is 1.57 bits per heavy atom. The maximum absolute atomic E-state index is 12.3. The van der Waals surface area contributed by atoms with E-state index < -0.39 is 33.7 Å². The molecule has 0 aliphatic heterocycles. The maximum atomic E-state index is 12.3. The number of rotatable bonds is 16. The van der Waals surface area contributed by atoms with E-state index >= 15 is 0 Å². The van der Waals surface area contributed by atoms with Gasteiger partial charge in [-0.1, -0.05) is 66.4 Å². The first-order valence-electron chi connectivity index (χ1n) is 10.6. The Morgan fingerprint density at radius 1 is 1.00 bits per heavy atom. The summed E-state index contributed by atoms with van der Waals surface area (Å²) in [5, 5.41) is -2.13. The van der Waals surface area contributed by atoms with E-state index in [1.807, 2.05) is 20.8 Å². The van der Waals surface area contributed by atoms with Gasteiger partial charge in [-0.15, -0.1) is 0 Å². The van der Waals surface area contributed by atoms with Gasteiger partial charge >= 0.3 is 41.5 Å². The van der Waals surface area contributed by atoms with Crippen LogP contribution in [0.4, 0.5) is 0 Å². The number of hydrogen-bond donors (Lipinski definition) is 0. The number of esters is 2. The Morgan fingerprint density at radius 3 is 2.03 bits per heavy atom. The van der Waals surface area contributed by atoms with Crippen LogP contribution >= 0.6 is 0 Å². The van der Waals surface area contributed by atoms with Crippen molar-refractivity contribution in [3.8, 4) is 0 Å². The number of allylic oxidation sites excluding steroid dienone is 1. The molecule has 0 heterocycles. The number of hydrogen-bond acceptors (Lipinski definition) is 7. The van der Waals surface area contributed by atoms with Crippen LogP contribution in [0.25, 0.3) is 0 Å². The third kappa shape index (κ3) is 13.1. The molecule has 30 heavy (non-hydrogen) atoms. The Labute approximate surface area is 204 Å². The van der Waals surface area contributed by atoms with Crippen molar-refractivity contribution in [1.82, 2.24) is 0 Å². The van der Waals surface area contributed by atoms with Crippen molar-refractivity contribution < 1.29 is 61.6 Å². The summed E-state index contributed by atoms with van der Waals surface area (Å²) < 4.78 is 44.8. The van der Waals surface area contributed by atoms with Crippen LogP contribution in [0.5, 0.6) is 0 Å². The minimum absolute atomic E-state index is 0. The smallest absolute Gasteiger partial charge is 0.747 e. The van der Waals surface area contributed by atoms with Gasteiger partial charge in [0.25, 0.3) is 0 Å². The van der Waals surface area contributed by atoms with Gasteiger partial charge in [0, 0.05) is 5.92 Å². The van der Waals surface area contributed by atoms with Gasteiger partial charge in [0.1, 0.15) is 15.9 Å². The van der Waals surface area contributed by atoms with Crippen LogP contribution in [0.3, 0.4) is 0 Å². The van der Waals surface area contributed by atoms with Gasteiger partial charge in [-0.05, 0) is 25.2 Å². The summed E-state index contributed by atoms with van der Waals surface area (Å²) in [5.41, 5.74) is 0. The van der Waals surface area contributed by atoms with Crippen molar-refractivity contribution in [3.63, 3.8) is 0 Å². The van der Waals surface area contributed by atoms with Gasteiger partial charge in [-0.2, -0.15) is 0 Å². The average molecular weight is 457 g/mol. The summed E-state index contributed by atoms with van der Waals surface area (Å²) in [6, 6.07) is 0. The second-order valence-electron chi connectivity index (χ2n) is 7.42. The van der Waals surface area contributed by atoms with E-state index in [1.54, 1.807) is 0 Å². The number of carbonyl (C=O) groups is 2. The molecule has 3 atom stereocenters. The van der Waals surface area contributed by atoms with Crippen LogP contribution in [0.15, 0.2) is 12.3 Å². The largest absolute Gasteiger partial charge is 1.00 e. The summed E-state index contributed by atoms with van der Waals surface area (Å²) in [6.07, 6.45) is 6.14. The monoisotopic (exact) mass is 456 g/mol. The van der Waals surface area contributed by atoms with Crippen molar-refractivity contribution in [2.75, 3.05) is 6.61 Å². The van der Waals surface area contributed by atoms with Crippen LogP contribution in [0, 0.1) is 11.8 Å². The van der Waals surface area contributed by atoms with E-state index in [-0.39, 0.29) is 53.8 Å². The first kappa shape index (κ1) is 31.8. The van der Waals surface area contributed by atoms with Crippen LogP contribution in [-0.4, -0.2) is 36.8 Å². The van der Waals surface area contributed by atoms with Crippen molar-refractivity contribution in [2.24, 2.45) is 11.8 Å². The minimum atomic E-state index is -5.08. The minimum Gasteiger partial charge on any atom is -0.747 e.